The second-order valence-electron chi connectivity index (χ2n) is 4.04. The molecule has 4 nitrogen and oxygen atoms in total. The van der Waals surface area contributed by atoms with Crippen LogP contribution in [0.3, 0.4) is 0 Å². The van der Waals surface area contributed by atoms with Gasteiger partial charge < -0.3 is 10.2 Å². The minimum atomic E-state index is -2.82. The minimum absolute atomic E-state index is 0.248. The fraction of sp³-hybridized carbons (Fsp3) is 1.00. The summed E-state index contributed by atoms with van der Waals surface area (Å²) in [5.74, 6) is 0.248. The summed E-state index contributed by atoms with van der Waals surface area (Å²) in [4.78, 5) is 2.04. The Labute approximate surface area is 94.0 Å². The Bertz CT molecular complexity index is 240. The first-order valence-electron chi connectivity index (χ1n) is 5.52. The number of hydrogen-bond acceptors (Lipinski definition) is 4. The van der Waals surface area contributed by atoms with Gasteiger partial charge >= 0.3 is 0 Å². The van der Waals surface area contributed by atoms with E-state index in [-0.39, 0.29) is 5.75 Å². The lowest BCUT2D eigenvalue weighted by Crippen LogP contribution is -2.32. The van der Waals surface area contributed by atoms with Crippen molar-refractivity contribution in [3.8, 4) is 0 Å². The molecule has 0 saturated carbocycles. The van der Waals surface area contributed by atoms with Gasteiger partial charge in [-0.3, -0.25) is 0 Å². The summed E-state index contributed by atoms with van der Waals surface area (Å²) in [6, 6.07) is 0. The Morgan fingerprint density at radius 1 is 1.20 bits per heavy atom. The highest BCUT2D eigenvalue weighted by Crippen LogP contribution is 1.87. The Morgan fingerprint density at radius 3 is 2.40 bits per heavy atom. The van der Waals surface area contributed by atoms with E-state index in [4.69, 9.17) is 0 Å². The zero-order valence-corrected chi connectivity index (χ0v) is 10.9. The van der Waals surface area contributed by atoms with Gasteiger partial charge in [0.25, 0.3) is 0 Å². The number of unbranched alkanes of at least 4 members (excludes halogenated alkanes) is 1. The van der Waals surface area contributed by atoms with Crippen LogP contribution in [0.5, 0.6) is 0 Å². The average molecular weight is 236 g/mol. The van der Waals surface area contributed by atoms with Crippen LogP contribution in [0.2, 0.25) is 0 Å². The lowest BCUT2D eigenvalue weighted by molar-refractivity contribution is 0.349. The van der Waals surface area contributed by atoms with Gasteiger partial charge in [-0.15, -0.1) is 0 Å². The highest BCUT2D eigenvalue weighted by atomic mass is 32.2. The summed E-state index contributed by atoms with van der Waals surface area (Å²) in [6.45, 7) is 5.67. The first kappa shape index (κ1) is 14.9. The fourth-order valence-corrected chi connectivity index (χ4v) is 1.77. The van der Waals surface area contributed by atoms with Gasteiger partial charge in [0.05, 0.1) is 5.75 Å². The van der Waals surface area contributed by atoms with E-state index >= 15 is 0 Å². The highest BCUT2D eigenvalue weighted by molar-refractivity contribution is 7.90. The molecule has 0 aromatic carbocycles. The molecule has 0 aliphatic carbocycles. The maximum Gasteiger partial charge on any atom is 0.148 e. The van der Waals surface area contributed by atoms with Crippen LogP contribution in [0.1, 0.15) is 19.8 Å². The second-order valence-corrected chi connectivity index (χ2v) is 6.30. The molecular formula is C10H24N2O2S. The van der Waals surface area contributed by atoms with Crippen LogP contribution in [0.25, 0.3) is 0 Å². The van der Waals surface area contributed by atoms with Crippen LogP contribution < -0.4 is 5.32 Å². The SMILES string of the molecule is CCCCNCCN(C)CCS(C)(=O)=O. The molecular weight excluding hydrogens is 212 g/mol. The monoisotopic (exact) mass is 236 g/mol. The van der Waals surface area contributed by atoms with E-state index in [0.29, 0.717) is 6.54 Å². The van der Waals surface area contributed by atoms with Crippen LogP contribution in [0.4, 0.5) is 0 Å². The Balaban J connectivity index is 3.37. The Hall–Kier alpha value is -0.130. The number of likely N-dealkylation sites (N-methyl/N-ethyl adjacent to an activating group) is 1. The average Bonchev–Trinajstić information content (AvgIpc) is 2.13. The third-order valence-corrected chi connectivity index (χ3v) is 3.15. The van der Waals surface area contributed by atoms with Crippen LogP contribution in [-0.2, 0) is 9.84 Å². The summed E-state index contributed by atoms with van der Waals surface area (Å²) in [7, 11) is -0.869. The molecule has 0 fully saturated rings. The van der Waals surface area contributed by atoms with Gasteiger partial charge in [-0.1, -0.05) is 13.3 Å². The van der Waals surface area contributed by atoms with Crippen LogP contribution in [0, 0.1) is 0 Å². The molecule has 0 aromatic heterocycles. The van der Waals surface area contributed by atoms with Crippen LogP contribution in [0.15, 0.2) is 0 Å². The number of hydrogen-bond donors (Lipinski definition) is 1. The lowest BCUT2D eigenvalue weighted by Gasteiger charge is -2.16. The van der Waals surface area contributed by atoms with Crippen LogP contribution in [-0.4, -0.2) is 58.6 Å². The van der Waals surface area contributed by atoms with Crippen LogP contribution >= 0.6 is 0 Å². The van der Waals surface area contributed by atoms with E-state index in [0.717, 1.165) is 19.6 Å². The second kappa shape index (κ2) is 8.07. The third-order valence-electron chi connectivity index (χ3n) is 2.22. The minimum Gasteiger partial charge on any atom is -0.315 e. The molecule has 0 saturated heterocycles. The standard InChI is InChI=1S/C10H24N2O2S/c1-4-5-6-11-7-8-12(2)9-10-15(3,13)14/h11H,4-10H2,1-3H3. The molecule has 1 N–H and O–H groups in total. The molecule has 0 atom stereocenters. The quantitative estimate of drug-likeness (QED) is 0.587. The number of sulfone groups is 1. The third kappa shape index (κ3) is 11.8. The van der Waals surface area contributed by atoms with Gasteiger partial charge in [0.1, 0.15) is 9.84 Å². The van der Waals surface area contributed by atoms with E-state index in [1.165, 1.54) is 19.1 Å². The van der Waals surface area contributed by atoms with Crippen molar-refractivity contribution in [3.63, 3.8) is 0 Å². The van der Waals surface area contributed by atoms with Crippen molar-refractivity contribution in [2.45, 2.75) is 19.8 Å². The molecule has 0 unspecified atom stereocenters. The molecule has 0 spiro atoms. The molecule has 0 radical (unpaired) electrons. The molecule has 0 aliphatic rings. The van der Waals surface area contributed by atoms with Gasteiger partial charge in [0.15, 0.2) is 0 Å². The summed E-state index contributed by atoms with van der Waals surface area (Å²) in [5, 5.41) is 3.32. The zero-order chi connectivity index (χ0) is 11.7. The zero-order valence-electron chi connectivity index (χ0n) is 10.1. The van der Waals surface area contributed by atoms with E-state index < -0.39 is 9.84 Å². The van der Waals surface area contributed by atoms with E-state index in [1.54, 1.807) is 0 Å². The summed E-state index contributed by atoms with van der Waals surface area (Å²) in [6.07, 6.45) is 3.68. The largest absolute Gasteiger partial charge is 0.315 e. The van der Waals surface area contributed by atoms with Gasteiger partial charge in [-0.25, -0.2) is 8.42 Å². The van der Waals surface area contributed by atoms with Gasteiger partial charge in [0, 0.05) is 25.9 Å². The maximum atomic E-state index is 10.9. The number of nitrogens with zero attached hydrogens (tertiary/aromatic N) is 1. The van der Waals surface area contributed by atoms with Crippen molar-refractivity contribution < 1.29 is 8.42 Å². The van der Waals surface area contributed by atoms with E-state index in [2.05, 4.69) is 12.2 Å². The first-order valence-corrected chi connectivity index (χ1v) is 7.58. The Kier molecular flexibility index (Phi) is 8.00. The topological polar surface area (TPSA) is 49.4 Å². The molecule has 0 aliphatic heterocycles. The fourth-order valence-electron chi connectivity index (χ4n) is 1.13. The van der Waals surface area contributed by atoms with E-state index in [1.807, 2.05) is 11.9 Å². The van der Waals surface area contributed by atoms with Crippen molar-refractivity contribution in [2.24, 2.45) is 0 Å². The predicted molar refractivity (Wildman–Crippen MR) is 65.0 cm³/mol. The summed E-state index contributed by atoms with van der Waals surface area (Å²) >= 11 is 0. The maximum absolute atomic E-state index is 10.9. The lowest BCUT2D eigenvalue weighted by atomic mass is 10.3. The summed E-state index contributed by atoms with van der Waals surface area (Å²) in [5.41, 5.74) is 0. The normalized spacial score (nSPS) is 12.3. The van der Waals surface area contributed by atoms with Gasteiger partial charge in [-0.05, 0) is 20.0 Å². The number of nitrogens with one attached hydrogen (secondary N) is 1. The Morgan fingerprint density at radius 2 is 1.87 bits per heavy atom. The highest BCUT2D eigenvalue weighted by Gasteiger charge is 2.04. The van der Waals surface area contributed by atoms with Gasteiger partial charge in [-0.2, -0.15) is 0 Å². The van der Waals surface area contributed by atoms with E-state index in [9.17, 15) is 8.42 Å². The molecule has 0 aromatic rings. The van der Waals surface area contributed by atoms with Crippen molar-refractivity contribution in [3.05, 3.63) is 0 Å². The van der Waals surface area contributed by atoms with Crippen molar-refractivity contribution in [2.75, 3.05) is 45.2 Å². The first-order chi connectivity index (χ1) is 6.95. The van der Waals surface area contributed by atoms with Crippen molar-refractivity contribution >= 4 is 9.84 Å². The van der Waals surface area contributed by atoms with Crippen molar-refractivity contribution in [1.29, 1.82) is 0 Å². The molecule has 5 heteroatoms. The molecule has 92 valence electrons. The molecule has 0 heterocycles. The molecule has 0 bridgehead atoms. The summed E-state index contributed by atoms with van der Waals surface area (Å²) < 4.78 is 21.8. The smallest absolute Gasteiger partial charge is 0.148 e. The molecule has 0 rings (SSSR count). The van der Waals surface area contributed by atoms with Crippen molar-refractivity contribution in [1.82, 2.24) is 10.2 Å². The molecule has 0 amide bonds. The number of rotatable bonds is 9. The molecule has 15 heavy (non-hydrogen) atoms. The van der Waals surface area contributed by atoms with Gasteiger partial charge in [0.2, 0.25) is 0 Å². The predicted octanol–water partition coefficient (Wildman–Crippen LogP) is 0.353.